The van der Waals surface area contributed by atoms with Crippen molar-refractivity contribution in [2.45, 2.75) is 77.0 Å². The van der Waals surface area contributed by atoms with E-state index in [1.165, 1.54) is 19.3 Å². The minimum absolute atomic E-state index is 0. The molecule has 4 unspecified atom stereocenters. The number of fused-ring (bicyclic) bond motifs is 2. The Morgan fingerprint density at radius 1 is 1.17 bits per heavy atom. The standard InChI is InChI=1S/C19H34N2O2.ClH/c1-18(2)15(11-19(18,3)23-5)21(4)17(22)14-9-12-7-6-8-13(10-14)16(12)20;/h12-16H,6-11,20H2,1-5H3;1H. The summed E-state index contributed by atoms with van der Waals surface area (Å²) >= 11 is 0. The molecule has 0 saturated heterocycles. The second-order valence-corrected chi connectivity index (χ2v) is 9.02. The Labute approximate surface area is 153 Å². The molecule has 0 heterocycles. The zero-order chi connectivity index (χ0) is 17.0. The number of carbonyl (C=O) groups excluding carboxylic acids is 1. The molecule has 0 aromatic rings. The topological polar surface area (TPSA) is 55.6 Å². The molecule has 3 aliphatic carbocycles. The largest absolute Gasteiger partial charge is 0.378 e. The van der Waals surface area contributed by atoms with Crippen LogP contribution in [0.1, 0.15) is 59.3 Å². The van der Waals surface area contributed by atoms with Crippen LogP contribution in [0.2, 0.25) is 0 Å². The van der Waals surface area contributed by atoms with Crippen LogP contribution in [0.4, 0.5) is 0 Å². The third-order valence-corrected chi connectivity index (χ3v) is 7.81. The Bertz CT molecular complexity index is 470. The number of carbonyl (C=O) groups is 1. The van der Waals surface area contributed by atoms with Crippen molar-refractivity contribution in [2.75, 3.05) is 14.2 Å². The van der Waals surface area contributed by atoms with Gasteiger partial charge in [-0.3, -0.25) is 4.79 Å². The molecule has 1 amide bonds. The normalized spacial score (nSPS) is 43.3. The van der Waals surface area contributed by atoms with Crippen LogP contribution >= 0.6 is 12.4 Å². The monoisotopic (exact) mass is 358 g/mol. The van der Waals surface area contributed by atoms with Crippen molar-refractivity contribution in [3.05, 3.63) is 0 Å². The number of nitrogens with zero attached hydrogens (tertiary/aromatic N) is 1. The number of hydrogen-bond acceptors (Lipinski definition) is 3. The van der Waals surface area contributed by atoms with Crippen molar-refractivity contribution < 1.29 is 9.53 Å². The fourth-order valence-corrected chi connectivity index (χ4v) is 5.51. The molecule has 24 heavy (non-hydrogen) atoms. The number of rotatable bonds is 3. The molecule has 5 heteroatoms. The number of ether oxygens (including phenoxy) is 1. The van der Waals surface area contributed by atoms with E-state index in [2.05, 4.69) is 20.8 Å². The molecule has 2 bridgehead atoms. The molecule has 3 aliphatic rings. The molecule has 4 atom stereocenters. The maximum absolute atomic E-state index is 13.1. The lowest BCUT2D eigenvalue weighted by Gasteiger charge is -2.61. The molecule has 4 nitrogen and oxygen atoms in total. The molecule has 0 aromatic heterocycles. The highest BCUT2D eigenvalue weighted by atomic mass is 35.5. The van der Waals surface area contributed by atoms with Crippen molar-refractivity contribution in [3.8, 4) is 0 Å². The highest BCUT2D eigenvalue weighted by Crippen LogP contribution is 2.54. The van der Waals surface area contributed by atoms with E-state index in [-0.39, 0.29) is 35.4 Å². The first kappa shape index (κ1) is 20.0. The summed E-state index contributed by atoms with van der Waals surface area (Å²) in [5, 5.41) is 0. The molecule has 140 valence electrons. The Balaban J connectivity index is 0.00000208. The van der Waals surface area contributed by atoms with Gasteiger partial charge in [-0.15, -0.1) is 12.4 Å². The lowest BCUT2D eigenvalue weighted by molar-refractivity contribution is -0.209. The van der Waals surface area contributed by atoms with Gasteiger partial charge in [0, 0.05) is 37.6 Å². The molecule has 3 fully saturated rings. The Morgan fingerprint density at radius 2 is 1.71 bits per heavy atom. The van der Waals surface area contributed by atoms with Crippen LogP contribution in [0, 0.1) is 23.2 Å². The van der Waals surface area contributed by atoms with Gasteiger partial charge in [0.2, 0.25) is 5.91 Å². The van der Waals surface area contributed by atoms with E-state index in [1.807, 2.05) is 11.9 Å². The Hall–Kier alpha value is -0.320. The molecule has 0 aliphatic heterocycles. The van der Waals surface area contributed by atoms with Crippen molar-refractivity contribution in [1.29, 1.82) is 0 Å². The summed E-state index contributed by atoms with van der Waals surface area (Å²) in [6, 6.07) is 0.602. The van der Waals surface area contributed by atoms with Crippen LogP contribution in [0.25, 0.3) is 0 Å². The molecule has 0 aromatic carbocycles. The quantitative estimate of drug-likeness (QED) is 0.842. The molecular formula is C19H35ClN2O2. The first-order valence-corrected chi connectivity index (χ1v) is 9.28. The fraction of sp³-hybridized carbons (Fsp3) is 0.947. The first-order chi connectivity index (χ1) is 10.7. The van der Waals surface area contributed by atoms with Crippen LogP contribution < -0.4 is 5.73 Å². The highest BCUT2D eigenvalue weighted by Gasteiger charge is 2.60. The van der Waals surface area contributed by atoms with E-state index >= 15 is 0 Å². The predicted octanol–water partition coefficient (Wildman–Crippen LogP) is 3.22. The van der Waals surface area contributed by atoms with Gasteiger partial charge < -0.3 is 15.4 Å². The molecule has 0 radical (unpaired) electrons. The van der Waals surface area contributed by atoms with Gasteiger partial charge in [0.25, 0.3) is 0 Å². The third kappa shape index (κ3) is 2.89. The molecule has 0 spiro atoms. The van der Waals surface area contributed by atoms with Crippen molar-refractivity contribution >= 4 is 18.3 Å². The summed E-state index contributed by atoms with van der Waals surface area (Å²) in [6.07, 6.45) is 6.63. The highest BCUT2D eigenvalue weighted by molar-refractivity contribution is 5.85. The van der Waals surface area contributed by atoms with E-state index in [4.69, 9.17) is 10.5 Å². The maximum Gasteiger partial charge on any atom is 0.225 e. The summed E-state index contributed by atoms with van der Waals surface area (Å²) in [5.41, 5.74) is 6.24. The van der Waals surface area contributed by atoms with E-state index in [9.17, 15) is 4.79 Å². The van der Waals surface area contributed by atoms with Gasteiger partial charge in [0.05, 0.1) is 5.60 Å². The number of amides is 1. The van der Waals surface area contributed by atoms with E-state index in [0.29, 0.717) is 23.8 Å². The van der Waals surface area contributed by atoms with Gasteiger partial charge >= 0.3 is 0 Å². The molecule has 3 saturated carbocycles. The van der Waals surface area contributed by atoms with Crippen LogP contribution in [-0.4, -0.2) is 42.6 Å². The number of hydrogen-bond donors (Lipinski definition) is 1. The molecule has 2 N–H and O–H groups in total. The summed E-state index contributed by atoms with van der Waals surface area (Å²) in [6.45, 7) is 6.60. The van der Waals surface area contributed by atoms with Gasteiger partial charge in [-0.2, -0.15) is 0 Å². The maximum atomic E-state index is 13.1. The second kappa shape index (κ2) is 6.77. The van der Waals surface area contributed by atoms with E-state index < -0.39 is 0 Å². The number of halogens is 1. The van der Waals surface area contributed by atoms with Gasteiger partial charge in [-0.05, 0) is 50.9 Å². The first-order valence-electron chi connectivity index (χ1n) is 9.28. The molecule has 3 rings (SSSR count). The summed E-state index contributed by atoms with van der Waals surface area (Å²) in [7, 11) is 3.78. The van der Waals surface area contributed by atoms with E-state index in [0.717, 1.165) is 19.3 Å². The summed E-state index contributed by atoms with van der Waals surface area (Å²) < 4.78 is 5.71. The van der Waals surface area contributed by atoms with Crippen LogP contribution in [0.5, 0.6) is 0 Å². The average molecular weight is 359 g/mol. The third-order valence-electron chi connectivity index (χ3n) is 7.81. The van der Waals surface area contributed by atoms with Crippen LogP contribution in [-0.2, 0) is 9.53 Å². The van der Waals surface area contributed by atoms with Gasteiger partial charge in [0.1, 0.15) is 0 Å². The summed E-state index contributed by atoms with van der Waals surface area (Å²) in [4.78, 5) is 15.1. The van der Waals surface area contributed by atoms with Crippen molar-refractivity contribution in [1.82, 2.24) is 4.90 Å². The van der Waals surface area contributed by atoms with Crippen LogP contribution in [0.15, 0.2) is 0 Å². The SMILES string of the molecule is COC1(C)CC(N(C)C(=O)C2CC3CCCC(C2)C3N)C1(C)C.Cl. The zero-order valence-corrected chi connectivity index (χ0v) is 16.7. The van der Waals surface area contributed by atoms with Gasteiger partial charge in [-0.25, -0.2) is 0 Å². The average Bonchev–Trinajstić information content (AvgIpc) is 2.50. The Morgan fingerprint density at radius 3 is 2.17 bits per heavy atom. The smallest absolute Gasteiger partial charge is 0.225 e. The van der Waals surface area contributed by atoms with Gasteiger partial charge in [-0.1, -0.05) is 20.3 Å². The predicted molar refractivity (Wildman–Crippen MR) is 99.1 cm³/mol. The zero-order valence-electron chi connectivity index (χ0n) is 15.9. The minimum Gasteiger partial charge on any atom is -0.378 e. The lowest BCUT2D eigenvalue weighted by atomic mass is 9.55. The van der Waals surface area contributed by atoms with Crippen molar-refractivity contribution in [2.24, 2.45) is 28.9 Å². The van der Waals surface area contributed by atoms with Crippen LogP contribution in [0.3, 0.4) is 0 Å². The molecular weight excluding hydrogens is 324 g/mol. The van der Waals surface area contributed by atoms with Gasteiger partial charge in [0.15, 0.2) is 0 Å². The lowest BCUT2D eigenvalue weighted by Crippen LogP contribution is -2.69. The summed E-state index contributed by atoms with van der Waals surface area (Å²) in [5.74, 6) is 1.64. The number of nitrogens with two attached hydrogens (primary N) is 1. The van der Waals surface area contributed by atoms with E-state index in [1.54, 1.807) is 7.11 Å². The minimum atomic E-state index is -0.127. The fourth-order valence-electron chi connectivity index (χ4n) is 5.51. The second-order valence-electron chi connectivity index (χ2n) is 9.02. The van der Waals surface area contributed by atoms with Crippen molar-refractivity contribution in [3.63, 3.8) is 0 Å². The number of methoxy groups -OCH3 is 1. The Kier molecular flexibility index (Phi) is 5.64.